The van der Waals surface area contributed by atoms with Gasteiger partial charge >= 0.3 is 0 Å². The van der Waals surface area contributed by atoms with Crippen LogP contribution in [0.25, 0.3) is 78.0 Å². The molecular weight excluding hydrogens is 691 g/mol. The van der Waals surface area contributed by atoms with E-state index in [4.69, 9.17) is 15.0 Å². The Morgan fingerprint density at radius 1 is 0.281 bits per heavy atom. The van der Waals surface area contributed by atoms with Crippen LogP contribution in [0.1, 0.15) is 22.3 Å². The molecule has 0 aliphatic heterocycles. The summed E-state index contributed by atoms with van der Waals surface area (Å²) in [6, 6.07) is 75.8. The van der Waals surface area contributed by atoms with E-state index >= 15 is 0 Å². The Hall–Kier alpha value is -7.49. The second-order valence-corrected chi connectivity index (χ2v) is 14.7. The Kier molecular flexibility index (Phi) is 7.71. The average molecular weight is 726 g/mol. The fraction of sp³-hybridized carbons (Fsp3) is 0.0185. The highest BCUT2D eigenvalue weighted by atomic mass is 15.0. The number of hydrogen-bond acceptors (Lipinski definition) is 3. The molecule has 0 saturated heterocycles. The Bertz CT molecular complexity index is 3070. The smallest absolute Gasteiger partial charge is 0.164 e. The Labute approximate surface area is 331 Å². The molecule has 0 N–H and O–H groups in total. The zero-order valence-corrected chi connectivity index (χ0v) is 31.0. The molecule has 1 aliphatic rings. The molecule has 1 heterocycles. The Morgan fingerprint density at radius 2 is 0.772 bits per heavy atom. The van der Waals surface area contributed by atoms with Gasteiger partial charge in [-0.25, -0.2) is 15.0 Å². The van der Waals surface area contributed by atoms with Crippen LogP contribution in [0.2, 0.25) is 0 Å². The number of aromatic nitrogens is 3. The molecule has 0 amide bonds. The quantitative estimate of drug-likeness (QED) is 0.171. The first-order valence-corrected chi connectivity index (χ1v) is 19.4. The summed E-state index contributed by atoms with van der Waals surface area (Å²) < 4.78 is 0. The highest BCUT2D eigenvalue weighted by Gasteiger charge is 2.46. The third-order valence-electron chi connectivity index (χ3n) is 11.6. The first kappa shape index (κ1) is 32.9. The third-order valence-corrected chi connectivity index (χ3v) is 11.6. The van der Waals surface area contributed by atoms with Gasteiger partial charge in [0, 0.05) is 16.7 Å². The summed E-state index contributed by atoms with van der Waals surface area (Å²) in [4.78, 5) is 15.7. The summed E-state index contributed by atoms with van der Waals surface area (Å²) >= 11 is 0. The lowest BCUT2D eigenvalue weighted by molar-refractivity contribution is 0.768. The molecule has 266 valence electrons. The molecule has 0 fully saturated rings. The van der Waals surface area contributed by atoms with Gasteiger partial charge in [0.15, 0.2) is 17.5 Å². The van der Waals surface area contributed by atoms with Gasteiger partial charge in [-0.1, -0.05) is 194 Å². The van der Waals surface area contributed by atoms with Gasteiger partial charge < -0.3 is 0 Å². The van der Waals surface area contributed by atoms with Crippen molar-refractivity contribution in [1.82, 2.24) is 15.0 Å². The van der Waals surface area contributed by atoms with Gasteiger partial charge in [-0.15, -0.1) is 0 Å². The molecule has 9 aromatic carbocycles. The van der Waals surface area contributed by atoms with Crippen molar-refractivity contribution >= 4 is 21.5 Å². The summed E-state index contributed by atoms with van der Waals surface area (Å²) in [5, 5.41) is 4.74. The highest BCUT2D eigenvalue weighted by molar-refractivity contribution is 6.07. The molecule has 10 aromatic rings. The van der Waals surface area contributed by atoms with Gasteiger partial charge in [0.2, 0.25) is 0 Å². The van der Waals surface area contributed by atoms with Crippen molar-refractivity contribution < 1.29 is 0 Å². The van der Waals surface area contributed by atoms with Gasteiger partial charge in [-0.2, -0.15) is 0 Å². The molecule has 0 radical (unpaired) electrons. The molecule has 1 aliphatic carbocycles. The predicted molar refractivity (Wildman–Crippen MR) is 234 cm³/mol. The normalized spacial score (nSPS) is 12.7. The molecule has 3 nitrogen and oxygen atoms in total. The fourth-order valence-corrected chi connectivity index (χ4v) is 9.06. The maximum Gasteiger partial charge on any atom is 0.164 e. The van der Waals surface area contributed by atoms with E-state index in [0.717, 1.165) is 27.6 Å². The van der Waals surface area contributed by atoms with Crippen LogP contribution < -0.4 is 0 Å². The zero-order valence-electron chi connectivity index (χ0n) is 31.0. The van der Waals surface area contributed by atoms with E-state index in [0.29, 0.717) is 17.5 Å². The van der Waals surface area contributed by atoms with Gasteiger partial charge in [-0.05, 0) is 84.3 Å². The van der Waals surface area contributed by atoms with Crippen LogP contribution in [0, 0.1) is 0 Å². The molecule has 0 unspecified atom stereocenters. The number of hydrogen-bond donors (Lipinski definition) is 0. The molecule has 3 heteroatoms. The maximum absolute atomic E-state index is 5.32. The number of benzene rings is 9. The van der Waals surface area contributed by atoms with Crippen LogP contribution in [0.5, 0.6) is 0 Å². The van der Waals surface area contributed by atoms with E-state index in [1.807, 2.05) is 18.2 Å². The number of rotatable bonds is 6. The molecule has 0 atom stereocenters. The summed E-state index contributed by atoms with van der Waals surface area (Å²) in [5.41, 5.74) is 12.1. The van der Waals surface area contributed by atoms with Crippen molar-refractivity contribution in [3.63, 3.8) is 0 Å². The molecule has 1 aromatic heterocycles. The second-order valence-electron chi connectivity index (χ2n) is 14.7. The maximum atomic E-state index is 5.32. The van der Waals surface area contributed by atoms with Crippen molar-refractivity contribution in [3.8, 4) is 56.4 Å². The van der Waals surface area contributed by atoms with Crippen molar-refractivity contribution in [3.05, 3.63) is 235 Å². The molecule has 0 bridgehead atoms. The van der Waals surface area contributed by atoms with E-state index < -0.39 is 5.41 Å². The minimum absolute atomic E-state index is 0.477. The highest BCUT2D eigenvalue weighted by Crippen LogP contribution is 2.56. The SMILES string of the molecule is c1ccc(-c2nc(-c3ccc4c(c3)-c3ccccc3C4(c3ccccc3)c3ccccc3)nc(-c3cc(-c4cccc5ccccc45)c4ccccc4c3)n2)cc1. The topological polar surface area (TPSA) is 38.7 Å². The number of fused-ring (bicyclic) bond motifs is 5. The fourth-order valence-electron chi connectivity index (χ4n) is 9.06. The van der Waals surface area contributed by atoms with Crippen LogP contribution in [0.15, 0.2) is 212 Å². The lowest BCUT2D eigenvalue weighted by Crippen LogP contribution is -2.28. The lowest BCUT2D eigenvalue weighted by Gasteiger charge is -2.33. The van der Waals surface area contributed by atoms with E-state index in [-0.39, 0.29) is 0 Å². The molecular formula is C54H35N3. The van der Waals surface area contributed by atoms with Gasteiger partial charge in [0.25, 0.3) is 0 Å². The third kappa shape index (κ3) is 5.32. The minimum Gasteiger partial charge on any atom is -0.208 e. The van der Waals surface area contributed by atoms with Crippen LogP contribution in [-0.4, -0.2) is 15.0 Å². The van der Waals surface area contributed by atoms with E-state index in [1.54, 1.807) is 0 Å². The minimum atomic E-state index is -0.477. The summed E-state index contributed by atoms with van der Waals surface area (Å²) in [5.74, 6) is 1.91. The molecule has 57 heavy (non-hydrogen) atoms. The van der Waals surface area contributed by atoms with Crippen molar-refractivity contribution in [2.45, 2.75) is 5.41 Å². The average Bonchev–Trinajstić information content (AvgIpc) is 3.59. The van der Waals surface area contributed by atoms with E-state index in [1.165, 1.54) is 55.1 Å². The van der Waals surface area contributed by atoms with Crippen molar-refractivity contribution in [2.75, 3.05) is 0 Å². The van der Waals surface area contributed by atoms with Crippen LogP contribution in [0.3, 0.4) is 0 Å². The van der Waals surface area contributed by atoms with E-state index in [9.17, 15) is 0 Å². The molecule has 0 saturated carbocycles. The van der Waals surface area contributed by atoms with Crippen molar-refractivity contribution in [2.24, 2.45) is 0 Å². The largest absolute Gasteiger partial charge is 0.208 e. The number of nitrogens with zero attached hydrogens (tertiary/aromatic N) is 3. The van der Waals surface area contributed by atoms with Crippen molar-refractivity contribution in [1.29, 1.82) is 0 Å². The standard InChI is InChI=1S/C54H35N3/c1-4-18-37(19-5-1)51-55-52(57-53(56-51)40-33-38-20-11-13-27-44(38)47(35-40)45-29-16-21-36-17-10-12-26-43(36)45)39-31-32-50-48(34-39)46-28-14-15-30-49(46)54(50,41-22-6-2-7-23-41)42-24-8-3-9-25-42/h1-35H. The Morgan fingerprint density at radius 3 is 1.49 bits per heavy atom. The first-order chi connectivity index (χ1) is 28.3. The Balaban J connectivity index is 1.14. The van der Waals surface area contributed by atoms with Crippen LogP contribution >= 0.6 is 0 Å². The van der Waals surface area contributed by atoms with Gasteiger partial charge in [0.1, 0.15) is 0 Å². The lowest BCUT2D eigenvalue weighted by atomic mass is 9.67. The summed E-state index contributed by atoms with van der Waals surface area (Å²) in [6.45, 7) is 0. The first-order valence-electron chi connectivity index (χ1n) is 19.4. The van der Waals surface area contributed by atoms with Crippen LogP contribution in [-0.2, 0) is 5.41 Å². The summed E-state index contributed by atoms with van der Waals surface area (Å²) in [7, 11) is 0. The van der Waals surface area contributed by atoms with Gasteiger partial charge in [-0.3, -0.25) is 0 Å². The molecule has 0 spiro atoms. The second kappa shape index (κ2) is 13.4. The zero-order chi connectivity index (χ0) is 37.8. The van der Waals surface area contributed by atoms with E-state index in [2.05, 4.69) is 194 Å². The molecule has 11 rings (SSSR count). The summed E-state index contributed by atoms with van der Waals surface area (Å²) in [6.07, 6.45) is 0. The van der Waals surface area contributed by atoms with Gasteiger partial charge in [0.05, 0.1) is 5.41 Å². The predicted octanol–water partition coefficient (Wildman–Crippen LogP) is 13.2. The monoisotopic (exact) mass is 725 g/mol. The van der Waals surface area contributed by atoms with Crippen LogP contribution in [0.4, 0.5) is 0 Å².